The van der Waals surface area contributed by atoms with Crippen molar-refractivity contribution in [2.75, 3.05) is 14.2 Å². The van der Waals surface area contributed by atoms with E-state index in [4.69, 9.17) is 19.2 Å². The maximum absolute atomic E-state index is 13.2. The topological polar surface area (TPSA) is 54.0 Å². The van der Waals surface area contributed by atoms with E-state index in [9.17, 15) is 4.79 Å². The summed E-state index contributed by atoms with van der Waals surface area (Å²) in [4.78, 5) is 30.2. The molecule has 2 aliphatic heterocycles. The predicted octanol–water partition coefficient (Wildman–Crippen LogP) is 12.7. The van der Waals surface area contributed by atoms with Crippen LogP contribution in [0.4, 0.5) is 4.79 Å². The minimum absolute atomic E-state index is 0.0567. The van der Waals surface area contributed by atoms with Crippen molar-refractivity contribution in [2.24, 2.45) is 33.5 Å². The quantitative estimate of drug-likeness (QED) is 0.159. The van der Waals surface area contributed by atoms with Crippen molar-refractivity contribution in [1.29, 1.82) is 0 Å². The average Bonchev–Trinajstić information content (AvgIpc) is 3.80. The lowest BCUT2D eigenvalue weighted by molar-refractivity contribution is -0.250. The fourth-order valence-corrected chi connectivity index (χ4v) is 11.4. The van der Waals surface area contributed by atoms with E-state index in [1.165, 1.54) is 43.4 Å². The van der Waals surface area contributed by atoms with Gasteiger partial charge >= 0.3 is 6.16 Å². The maximum atomic E-state index is 13.2. The zero-order valence-corrected chi connectivity index (χ0v) is 34.5. The predicted molar refractivity (Wildman–Crippen MR) is 219 cm³/mol. The summed E-state index contributed by atoms with van der Waals surface area (Å²) >= 11 is 3.67. The maximum Gasteiger partial charge on any atom is 0.508 e. The van der Waals surface area contributed by atoms with Crippen LogP contribution in [0.15, 0.2) is 128 Å². The molecule has 0 spiro atoms. The molecular formula is C46H52O5S2. The molecule has 5 unspecified atom stereocenters. The molecule has 53 heavy (non-hydrogen) atoms. The molecule has 2 bridgehead atoms. The summed E-state index contributed by atoms with van der Waals surface area (Å²) in [6, 6.07) is 21.2. The van der Waals surface area contributed by atoms with E-state index in [-0.39, 0.29) is 22.7 Å². The summed E-state index contributed by atoms with van der Waals surface area (Å²) in [5.41, 5.74) is 6.94. The van der Waals surface area contributed by atoms with Crippen molar-refractivity contribution in [3.8, 4) is 0 Å². The monoisotopic (exact) mass is 748 g/mol. The van der Waals surface area contributed by atoms with E-state index in [0.29, 0.717) is 0 Å². The SMILES string of the molecule is COOC1=C(C(C)=C2C=C(c3ccccc3)SC(C(C)(C)C)=C2)C2(C)C(OC(=O)OC)C(C(C)=C3C=C(c4ccccc4)SC(C(C)(C)C)=C3)C13CC23. The van der Waals surface area contributed by atoms with E-state index < -0.39 is 23.1 Å². The zero-order valence-electron chi connectivity index (χ0n) is 32.9. The molecule has 2 aromatic carbocycles. The van der Waals surface area contributed by atoms with Gasteiger partial charge in [0.2, 0.25) is 0 Å². The van der Waals surface area contributed by atoms with Gasteiger partial charge in [0.1, 0.15) is 6.10 Å². The highest BCUT2D eigenvalue weighted by atomic mass is 32.2. The zero-order chi connectivity index (χ0) is 38.1. The van der Waals surface area contributed by atoms with Gasteiger partial charge in [-0.15, -0.1) is 0 Å². The largest absolute Gasteiger partial charge is 0.508 e. The van der Waals surface area contributed by atoms with Gasteiger partial charge in [0.15, 0.2) is 5.76 Å². The van der Waals surface area contributed by atoms with Crippen LogP contribution in [0.3, 0.4) is 0 Å². The molecular weight excluding hydrogens is 697 g/mol. The molecule has 7 rings (SSSR count). The van der Waals surface area contributed by atoms with Gasteiger partial charge in [-0.2, -0.15) is 4.89 Å². The Bertz CT molecular complexity index is 2050. The van der Waals surface area contributed by atoms with Gasteiger partial charge in [0.25, 0.3) is 0 Å². The second-order valence-corrected chi connectivity index (χ2v) is 19.4. The molecule has 278 valence electrons. The molecule has 2 fully saturated rings. The number of rotatable bonds is 7. The summed E-state index contributed by atoms with van der Waals surface area (Å²) in [5.74, 6) is 0.914. The Kier molecular flexibility index (Phi) is 9.65. The average molecular weight is 749 g/mol. The summed E-state index contributed by atoms with van der Waals surface area (Å²) in [6.07, 6.45) is 9.06. The smallest absolute Gasteiger partial charge is 0.438 e. The number of benzene rings is 2. The second-order valence-electron chi connectivity index (χ2n) is 17.2. The Labute approximate surface area is 324 Å². The Hall–Kier alpha value is -3.65. The molecule has 3 aliphatic carbocycles. The second kappa shape index (κ2) is 13.6. The van der Waals surface area contributed by atoms with Crippen molar-refractivity contribution >= 4 is 39.5 Å². The first-order valence-electron chi connectivity index (χ1n) is 18.5. The molecule has 2 saturated carbocycles. The van der Waals surface area contributed by atoms with Crippen molar-refractivity contribution in [3.05, 3.63) is 140 Å². The van der Waals surface area contributed by atoms with Gasteiger partial charge in [-0.3, -0.25) is 0 Å². The fraction of sp³-hybridized carbons (Fsp3) is 0.413. The lowest BCUT2D eigenvalue weighted by Gasteiger charge is -2.44. The van der Waals surface area contributed by atoms with Gasteiger partial charge < -0.3 is 14.4 Å². The third-order valence-corrected chi connectivity index (χ3v) is 14.9. The highest BCUT2D eigenvalue weighted by Gasteiger charge is 2.85. The molecule has 0 N–H and O–H groups in total. The van der Waals surface area contributed by atoms with Crippen LogP contribution in [0, 0.1) is 33.5 Å². The lowest BCUT2D eigenvalue weighted by atomic mass is 9.64. The molecule has 0 aromatic heterocycles. The number of carbonyl (C=O) groups excluding carboxylic acids is 1. The molecule has 2 heterocycles. The standard InChI is InChI=1S/C46H52O5S2/c1-27(31-22-33(29-18-14-12-15-19-29)52-36(24-31)43(3,4)5)38-41(51-49-11)46-26-35(46)45(38,9)40(50-42(47)48-10)39(46)28(2)32-23-34(30-20-16-13-17-21-30)53-37(25-32)44(6,7)8/h12-25,35,39-40H,26H2,1-11H3. The molecule has 5 atom stereocenters. The van der Waals surface area contributed by atoms with Crippen molar-refractivity contribution in [2.45, 2.75) is 74.8 Å². The minimum atomic E-state index is -0.665. The summed E-state index contributed by atoms with van der Waals surface area (Å²) in [7, 11) is 2.98. The van der Waals surface area contributed by atoms with Gasteiger partial charge in [0.05, 0.1) is 14.2 Å². The highest BCUT2D eigenvalue weighted by Crippen LogP contribution is 2.86. The summed E-state index contributed by atoms with van der Waals surface area (Å²) in [5, 5.41) is 0. The lowest BCUT2D eigenvalue weighted by Crippen LogP contribution is -2.46. The Morgan fingerprint density at radius 2 is 1.26 bits per heavy atom. The first-order valence-corrected chi connectivity index (χ1v) is 20.2. The first kappa shape index (κ1) is 37.7. The molecule has 0 radical (unpaired) electrons. The van der Waals surface area contributed by atoms with Crippen LogP contribution in [0.25, 0.3) is 9.81 Å². The third kappa shape index (κ3) is 6.31. The van der Waals surface area contributed by atoms with Gasteiger partial charge in [0, 0.05) is 32.1 Å². The van der Waals surface area contributed by atoms with E-state index in [1.54, 1.807) is 7.11 Å². The third-order valence-electron chi connectivity index (χ3n) is 11.8. The Balaban J connectivity index is 1.45. The summed E-state index contributed by atoms with van der Waals surface area (Å²) < 4.78 is 11.7. The number of ether oxygens (including phenoxy) is 2. The molecule has 5 nitrogen and oxygen atoms in total. The number of hydrogen-bond donors (Lipinski definition) is 0. The Morgan fingerprint density at radius 1 is 0.755 bits per heavy atom. The van der Waals surface area contributed by atoms with E-state index >= 15 is 0 Å². The number of allylic oxidation sites excluding steroid dienone is 10. The van der Waals surface area contributed by atoms with Crippen molar-refractivity contribution < 1.29 is 24.0 Å². The van der Waals surface area contributed by atoms with Gasteiger partial charge in [-0.25, -0.2) is 4.79 Å². The molecule has 0 amide bonds. The summed E-state index contributed by atoms with van der Waals surface area (Å²) in [6.45, 7) is 20.3. The van der Waals surface area contributed by atoms with Crippen LogP contribution in [0.5, 0.6) is 0 Å². The van der Waals surface area contributed by atoms with E-state index in [1.807, 2.05) is 23.5 Å². The number of carbonyl (C=O) groups is 1. The van der Waals surface area contributed by atoms with Crippen LogP contribution in [0.1, 0.15) is 79.9 Å². The van der Waals surface area contributed by atoms with E-state index in [2.05, 4.69) is 147 Å². The fourth-order valence-electron chi connectivity index (χ4n) is 9.10. The number of hydrogen-bond acceptors (Lipinski definition) is 7. The molecule has 7 heteroatoms. The molecule has 2 aromatic rings. The van der Waals surface area contributed by atoms with Crippen LogP contribution < -0.4 is 0 Å². The molecule has 0 saturated heterocycles. The Morgan fingerprint density at radius 3 is 1.75 bits per heavy atom. The van der Waals surface area contributed by atoms with Crippen LogP contribution in [-0.2, 0) is 19.2 Å². The highest BCUT2D eigenvalue weighted by molar-refractivity contribution is 8.12. The van der Waals surface area contributed by atoms with Crippen LogP contribution in [0.2, 0.25) is 0 Å². The van der Waals surface area contributed by atoms with Gasteiger partial charge in [-0.1, -0.05) is 138 Å². The van der Waals surface area contributed by atoms with Crippen molar-refractivity contribution in [3.63, 3.8) is 0 Å². The normalized spacial score (nSPS) is 29.8. The number of methoxy groups -OCH3 is 1. The molecule has 5 aliphatic rings. The first-order chi connectivity index (χ1) is 25.0. The van der Waals surface area contributed by atoms with E-state index in [0.717, 1.165) is 34.5 Å². The van der Waals surface area contributed by atoms with Gasteiger partial charge in [-0.05, 0) is 99.0 Å². The van der Waals surface area contributed by atoms with Crippen molar-refractivity contribution in [1.82, 2.24) is 0 Å². The minimum Gasteiger partial charge on any atom is -0.438 e. The number of thioether (sulfide) groups is 2. The van der Waals surface area contributed by atoms with Crippen LogP contribution >= 0.6 is 23.5 Å². The van der Waals surface area contributed by atoms with Crippen LogP contribution in [-0.4, -0.2) is 26.5 Å².